The van der Waals surface area contributed by atoms with Crippen LogP contribution < -0.4 is 10.1 Å². The Morgan fingerprint density at radius 1 is 0.854 bits per heavy atom. The van der Waals surface area contributed by atoms with Crippen LogP contribution >= 0.6 is 34.9 Å². The van der Waals surface area contributed by atoms with Crippen molar-refractivity contribution in [2.24, 2.45) is 0 Å². The molecule has 0 aliphatic rings. The van der Waals surface area contributed by atoms with Gasteiger partial charge in [-0.05, 0) is 93.1 Å². The van der Waals surface area contributed by atoms with E-state index >= 15 is 0 Å². The normalized spacial score (nSPS) is 11.5. The number of phenolic OH excluding ortho intramolecular Hbond substituents is 3. The summed E-state index contributed by atoms with van der Waals surface area (Å²) in [5, 5.41) is 41.1. The number of nitrogens with one attached hydrogen (secondary N) is 1. The number of aromatic nitrogens is 2. The number of nitrogens with zero attached hydrogens (tertiary/aromatic N) is 2. The minimum Gasteiger partial charge on any atom is -0.508 e. The quantitative estimate of drug-likeness (QED) is 0.0834. The molecule has 4 rings (SSSR count). The van der Waals surface area contributed by atoms with E-state index in [9.17, 15) is 15.3 Å². The Balaban J connectivity index is 0.000000228. The third-order valence-corrected chi connectivity index (χ3v) is 7.44. The molecule has 0 amide bonds. The summed E-state index contributed by atoms with van der Waals surface area (Å²) in [4.78, 5) is 0. The van der Waals surface area contributed by atoms with Crippen molar-refractivity contribution in [2.75, 3.05) is 19.8 Å². The van der Waals surface area contributed by atoms with Crippen LogP contribution in [-0.2, 0) is 12.8 Å². The molecule has 1 unspecified atom stereocenters. The monoisotopic (exact) mass is 619 g/mol. The van der Waals surface area contributed by atoms with Crippen LogP contribution in [0.3, 0.4) is 0 Å². The Kier molecular flexibility index (Phi) is 13.5. The van der Waals surface area contributed by atoms with Crippen LogP contribution in [0.15, 0.2) is 60.7 Å². The van der Waals surface area contributed by atoms with E-state index in [0.29, 0.717) is 46.4 Å². The Labute approximate surface area is 254 Å². The van der Waals surface area contributed by atoms with Gasteiger partial charge in [-0.15, -0.1) is 4.37 Å². The van der Waals surface area contributed by atoms with Gasteiger partial charge in [0.05, 0.1) is 28.4 Å². The van der Waals surface area contributed by atoms with Crippen molar-refractivity contribution in [1.82, 2.24) is 14.1 Å². The van der Waals surface area contributed by atoms with Gasteiger partial charge >= 0.3 is 0 Å². The molecule has 0 aliphatic carbocycles. The number of rotatable bonds is 13. The Morgan fingerprint density at radius 2 is 1.61 bits per heavy atom. The lowest BCUT2D eigenvalue weighted by Gasteiger charge is -2.14. The smallest absolute Gasteiger partial charge is 0.253 e. The van der Waals surface area contributed by atoms with Gasteiger partial charge in [0, 0.05) is 18.2 Å². The third kappa shape index (κ3) is 11.0. The van der Waals surface area contributed by atoms with Crippen LogP contribution in [0.5, 0.6) is 23.1 Å². The summed E-state index contributed by atoms with van der Waals surface area (Å²) in [6, 6.07) is 17.9. The molecule has 0 spiro atoms. The number of unbranched alkanes of at least 4 members (excludes halogenated alkanes) is 1. The molecular weight excluding hydrogens is 585 g/mol. The predicted molar refractivity (Wildman–Crippen MR) is 165 cm³/mol. The number of aryl methyl sites for hydroxylation is 1. The van der Waals surface area contributed by atoms with Crippen LogP contribution in [0.1, 0.15) is 37.3 Å². The third-order valence-electron chi connectivity index (χ3n) is 6.19. The van der Waals surface area contributed by atoms with E-state index in [-0.39, 0.29) is 18.1 Å². The number of benzene rings is 3. The second-order valence-electron chi connectivity index (χ2n) is 9.46. The van der Waals surface area contributed by atoms with Gasteiger partial charge in [0.1, 0.15) is 11.4 Å². The first-order valence-electron chi connectivity index (χ1n) is 13.3. The van der Waals surface area contributed by atoms with Gasteiger partial charge in [-0.3, -0.25) is 0 Å². The van der Waals surface area contributed by atoms with Gasteiger partial charge in [-0.25, -0.2) is 0 Å². The molecule has 220 valence electrons. The van der Waals surface area contributed by atoms with Gasteiger partial charge in [-0.1, -0.05) is 47.5 Å². The standard InChI is InChI=1S/C18H23NO3.C12H12Cl2N2O2S/c1-13(2-3-14-4-7-16(20)8-5-14)19-11-10-15-6-9-17(21)18(22)12-15;13-9-4-3-8(7-10(9)14)11-12(16-19-15-11)18-6-2-1-5-17/h4-9,12-13,19-22H,2-3,10-11H2,1H3;3-4,7,17H,1-2,5-6H2. The summed E-state index contributed by atoms with van der Waals surface area (Å²) in [5.41, 5.74) is 3.69. The molecule has 4 aromatic rings. The number of aromatic hydroxyl groups is 3. The zero-order valence-corrected chi connectivity index (χ0v) is 25.1. The highest BCUT2D eigenvalue weighted by atomic mass is 35.5. The van der Waals surface area contributed by atoms with E-state index in [4.69, 9.17) is 33.0 Å². The number of halogens is 2. The van der Waals surface area contributed by atoms with Crippen molar-refractivity contribution in [1.29, 1.82) is 0 Å². The number of hydrogen-bond acceptors (Lipinski definition) is 9. The molecular formula is C30H35Cl2N3O5S. The minimum atomic E-state index is -0.0843. The van der Waals surface area contributed by atoms with Gasteiger partial charge < -0.3 is 30.5 Å². The fourth-order valence-corrected chi connectivity index (χ4v) is 4.63. The zero-order chi connectivity index (χ0) is 29.6. The molecule has 41 heavy (non-hydrogen) atoms. The van der Waals surface area contributed by atoms with E-state index in [2.05, 4.69) is 21.0 Å². The fraction of sp³-hybridized carbons (Fsp3) is 0.333. The van der Waals surface area contributed by atoms with Crippen LogP contribution in [0.25, 0.3) is 11.3 Å². The van der Waals surface area contributed by atoms with Crippen LogP contribution in [0, 0.1) is 0 Å². The van der Waals surface area contributed by atoms with Crippen molar-refractivity contribution in [3.63, 3.8) is 0 Å². The molecule has 3 aromatic carbocycles. The predicted octanol–water partition coefficient (Wildman–Crippen LogP) is 6.62. The van der Waals surface area contributed by atoms with Crippen molar-refractivity contribution >= 4 is 34.9 Å². The van der Waals surface area contributed by atoms with Gasteiger partial charge in [0.2, 0.25) is 0 Å². The Hall–Kier alpha value is -3.08. The summed E-state index contributed by atoms with van der Waals surface area (Å²) in [6.45, 7) is 3.63. The summed E-state index contributed by atoms with van der Waals surface area (Å²) >= 11 is 12.9. The summed E-state index contributed by atoms with van der Waals surface area (Å²) in [7, 11) is 0. The molecule has 0 fully saturated rings. The molecule has 0 saturated heterocycles. The maximum Gasteiger partial charge on any atom is 0.253 e. The zero-order valence-electron chi connectivity index (χ0n) is 22.8. The second kappa shape index (κ2) is 17.0. The maximum atomic E-state index is 9.45. The molecule has 8 nitrogen and oxygen atoms in total. The molecule has 0 bridgehead atoms. The van der Waals surface area contributed by atoms with Crippen molar-refractivity contribution in [3.8, 4) is 34.4 Å². The first kappa shape index (κ1) is 32.4. The van der Waals surface area contributed by atoms with E-state index in [1.165, 1.54) is 11.6 Å². The lowest BCUT2D eigenvalue weighted by Crippen LogP contribution is -2.28. The van der Waals surface area contributed by atoms with Crippen LogP contribution in [0.2, 0.25) is 10.0 Å². The lowest BCUT2D eigenvalue weighted by molar-refractivity contribution is 0.250. The van der Waals surface area contributed by atoms with Crippen LogP contribution in [-0.4, -0.2) is 55.0 Å². The van der Waals surface area contributed by atoms with E-state index in [1.807, 2.05) is 24.3 Å². The molecule has 0 saturated carbocycles. The summed E-state index contributed by atoms with van der Waals surface area (Å²) < 4.78 is 13.9. The van der Waals surface area contributed by atoms with Gasteiger partial charge in [0.15, 0.2) is 11.5 Å². The molecule has 0 radical (unpaired) electrons. The largest absolute Gasteiger partial charge is 0.508 e. The lowest BCUT2D eigenvalue weighted by atomic mass is 10.1. The number of phenols is 3. The number of ether oxygens (including phenoxy) is 1. The molecule has 1 heterocycles. The Morgan fingerprint density at radius 3 is 2.32 bits per heavy atom. The van der Waals surface area contributed by atoms with Gasteiger partial charge in [-0.2, -0.15) is 4.37 Å². The fourth-order valence-electron chi connectivity index (χ4n) is 3.81. The van der Waals surface area contributed by atoms with E-state index < -0.39 is 0 Å². The van der Waals surface area contributed by atoms with Gasteiger partial charge in [0.25, 0.3) is 5.88 Å². The summed E-state index contributed by atoms with van der Waals surface area (Å²) in [6.07, 6.45) is 4.27. The van der Waals surface area contributed by atoms with Crippen molar-refractivity contribution in [3.05, 3.63) is 81.8 Å². The second-order valence-corrected chi connectivity index (χ2v) is 10.8. The average molecular weight is 621 g/mol. The minimum absolute atomic E-state index is 0.0714. The highest BCUT2D eigenvalue weighted by Gasteiger charge is 2.13. The Bertz CT molecular complexity index is 1350. The highest BCUT2D eigenvalue weighted by molar-refractivity contribution is 6.99. The molecule has 1 atom stereocenters. The molecule has 0 aliphatic heterocycles. The van der Waals surface area contributed by atoms with E-state index in [1.54, 1.807) is 30.3 Å². The first-order chi connectivity index (χ1) is 19.8. The van der Waals surface area contributed by atoms with Crippen molar-refractivity contribution in [2.45, 2.75) is 45.1 Å². The first-order valence-corrected chi connectivity index (χ1v) is 14.8. The van der Waals surface area contributed by atoms with Crippen molar-refractivity contribution < 1.29 is 25.2 Å². The molecule has 5 N–H and O–H groups in total. The highest BCUT2D eigenvalue weighted by Crippen LogP contribution is 2.32. The molecule has 1 aromatic heterocycles. The number of aliphatic hydroxyl groups excluding tert-OH is 1. The number of hydrogen-bond donors (Lipinski definition) is 5. The maximum absolute atomic E-state index is 9.45. The van der Waals surface area contributed by atoms with Crippen LogP contribution in [0.4, 0.5) is 0 Å². The average Bonchev–Trinajstić information content (AvgIpc) is 3.43. The molecule has 11 heteroatoms. The van der Waals surface area contributed by atoms with E-state index in [0.717, 1.165) is 55.1 Å². The summed E-state index contributed by atoms with van der Waals surface area (Å²) in [5.74, 6) is 0.630. The SMILES string of the molecule is CC(CCc1ccc(O)cc1)NCCc1ccc(O)c(O)c1.OCCCCOc1nsnc1-c1ccc(Cl)c(Cl)c1. The topological polar surface area (TPSA) is 128 Å². The number of aliphatic hydroxyl groups is 1.